The van der Waals surface area contributed by atoms with E-state index in [1.54, 1.807) is 18.3 Å². The minimum absolute atomic E-state index is 0.0120. The minimum Gasteiger partial charge on any atom is -0.355 e. The van der Waals surface area contributed by atoms with E-state index in [0.29, 0.717) is 12.4 Å². The highest BCUT2D eigenvalue weighted by atomic mass is 32.2. The van der Waals surface area contributed by atoms with Gasteiger partial charge in [-0.3, -0.25) is 9.59 Å². The molecule has 0 saturated heterocycles. The quantitative estimate of drug-likeness (QED) is 0.709. The highest BCUT2D eigenvalue weighted by Crippen LogP contribution is 2.19. The van der Waals surface area contributed by atoms with Gasteiger partial charge in [-0.1, -0.05) is 17.7 Å². The average Bonchev–Trinajstić information content (AvgIpc) is 2.61. The average molecular weight is 347 g/mol. The molecule has 0 bridgehead atoms. The monoisotopic (exact) mass is 347 g/mol. The number of carbonyl (C=O) groups is 2. The van der Waals surface area contributed by atoms with Crippen molar-refractivity contribution in [3.8, 4) is 0 Å². The molecule has 0 saturated carbocycles. The number of rotatable bonds is 8. The summed E-state index contributed by atoms with van der Waals surface area (Å²) in [5.74, 6) is 0.602. The molecule has 1 aliphatic carbocycles. The topological polar surface area (TPSA) is 71.1 Å². The molecule has 1 aromatic rings. The van der Waals surface area contributed by atoms with Crippen molar-refractivity contribution in [2.24, 2.45) is 0 Å². The standard InChI is InChI=1S/C18H25N3O2S/c1-14(18(23)20-12-10-15-7-3-2-4-8-15)24-13-17(22)21-16-9-5-6-11-19-16/h5-7,9,11,14H,2-4,8,10,12-13H2,1H3,(H,20,23)(H,19,21,22). The molecule has 2 N–H and O–H groups in total. The molecule has 0 aromatic carbocycles. The molecule has 1 aromatic heterocycles. The Bertz CT molecular complexity index is 575. The predicted octanol–water partition coefficient (Wildman–Crippen LogP) is 3.15. The zero-order chi connectivity index (χ0) is 17.2. The van der Waals surface area contributed by atoms with E-state index in [1.807, 2.05) is 13.0 Å². The van der Waals surface area contributed by atoms with Gasteiger partial charge in [0.2, 0.25) is 11.8 Å². The number of allylic oxidation sites excluding steroid dienone is 1. The van der Waals surface area contributed by atoms with Crippen LogP contribution in [-0.4, -0.2) is 34.3 Å². The normalized spacial score (nSPS) is 15.3. The fourth-order valence-corrected chi connectivity index (χ4v) is 3.22. The molecular formula is C18H25N3O2S. The summed E-state index contributed by atoms with van der Waals surface area (Å²) in [4.78, 5) is 27.9. The molecule has 1 unspecified atom stereocenters. The van der Waals surface area contributed by atoms with Crippen molar-refractivity contribution in [1.82, 2.24) is 10.3 Å². The first kappa shape index (κ1) is 18.5. The zero-order valence-electron chi connectivity index (χ0n) is 14.1. The summed E-state index contributed by atoms with van der Waals surface area (Å²) >= 11 is 1.33. The number of thioether (sulfide) groups is 1. The van der Waals surface area contributed by atoms with Crippen molar-refractivity contribution in [1.29, 1.82) is 0 Å². The van der Waals surface area contributed by atoms with Gasteiger partial charge < -0.3 is 10.6 Å². The van der Waals surface area contributed by atoms with Gasteiger partial charge >= 0.3 is 0 Å². The SMILES string of the molecule is CC(SCC(=O)Nc1ccccn1)C(=O)NCCC1=CCCCC1. The first-order chi connectivity index (χ1) is 11.6. The molecule has 0 spiro atoms. The van der Waals surface area contributed by atoms with Crippen molar-refractivity contribution in [2.75, 3.05) is 17.6 Å². The van der Waals surface area contributed by atoms with Crippen LogP contribution in [0.3, 0.4) is 0 Å². The molecule has 130 valence electrons. The molecule has 0 radical (unpaired) electrons. The fraction of sp³-hybridized carbons (Fsp3) is 0.500. The van der Waals surface area contributed by atoms with Crippen molar-refractivity contribution in [2.45, 2.75) is 44.3 Å². The molecule has 0 aliphatic heterocycles. The van der Waals surface area contributed by atoms with Crippen LogP contribution in [0.15, 0.2) is 36.0 Å². The number of hydrogen-bond donors (Lipinski definition) is 2. The Hall–Kier alpha value is -1.82. The van der Waals surface area contributed by atoms with Crippen LogP contribution in [0.2, 0.25) is 0 Å². The van der Waals surface area contributed by atoms with Gasteiger partial charge in [0.1, 0.15) is 5.82 Å². The van der Waals surface area contributed by atoms with Crippen molar-refractivity contribution >= 4 is 29.4 Å². The first-order valence-corrected chi connectivity index (χ1v) is 9.48. The van der Waals surface area contributed by atoms with Crippen LogP contribution in [-0.2, 0) is 9.59 Å². The van der Waals surface area contributed by atoms with Gasteiger partial charge in [0.05, 0.1) is 11.0 Å². The van der Waals surface area contributed by atoms with Gasteiger partial charge in [0, 0.05) is 12.7 Å². The molecule has 1 atom stereocenters. The van der Waals surface area contributed by atoms with E-state index in [0.717, 1.165) is 12.8 Å². The third kappa shape index (κ3) is 6.74. The molecule has 0 fully saturated rings. The van der Waals surface area contributed by atoms with Crippen LogP contribution < -0.4 is 10.6 Å². The summed E-state index contributed by atoms with van der Waals surface area (Å²) in [7, 11) is 0. The molecule has 6 heteroatoms. The summed E-state index contributed by atoms with van der Waals surface area (Å²) in [5.41, 5.74) is 1.46. The largest absolute Gasteiger partial charge is 0.355 e. The van der Waals surface area contributed by atoms with E-state index in [9.17, 15) is 9.59 Å². The molecule has 1 heterocycles. The first-order valence-electron chi connectivity index (χ1n) is 8.43. The van der Waals surface area contributed by atoms with E-state index in [2.05, 4.69) is 21.7 Å². The molecule has 2 amide bonds. The summed E-state index contributed by atoms with van der Waals surface area (Å²) < 4.78 is 0. The van der Waals surface area contributed by atoms with Crippen molar-refractivity contribution < 1.29 is 9.59 Å². The highest BCUT2D eigenvalue weighted by molar-refractivity contribution is 8.01. The Balaban J connectivity index is 1.62. The maximum Gasteiger partial charge on any atom is 0.235 e. The second kappa shape index (κ2) is 10.1. The molecule has 5 nitrogen and oxygen atoms in total. The van der Waals surface area contributed by atoms with E-state index < -0.39 is 0 Å². The van der Waals surface area contributed by atoms with Crippen LogP contribution in [0.4, 0.5) is 5.82 Å². The number of carbonyl (C=O) groups excluding carboxylic acids is 2. The van der Waals surface area contributed by atoms with Gasteiger partial charge in [-0.15, -0.1) is 11.8 Å². The smallest absolute Gasteiger partial charge is 0.235 e. The Morgan fingerprint density at radius 1 is 1.33 bits per heavy atom. The highest BCUT2D eigenvalue weighted by Gasteiger charge is 2.15. The second-order valence-corrected chi connectivity index (χ2v) is 7.19. The van der Waals surface area contributed by atoms with Crippen molar-refractivity contribution in [3.05, 3.63) is 36.0 Å². The fourth-order valence-electron chi connectivity index (χ4n) is 2.51. The van der Waals surface area contributed by atoms with Crippen LogP contribution >= 0.6 is 11.8 Å². The minimum atomic E-state index is -0.250. The van der Waals surface area contributed by atoms with E-state index >= 15 is 0 Å². The van der Waals surface area contributed by atoms with Crippen molar-refractivity contribution in [3.63, 3.8) is 0 Å². The van der Waals surface area contributed by atoms with E-state index in [4.69, 9.17) is 0 Å². The lowest BCUT2D eigenvalue weighted by Gasteiger charge is -2.15. The summed E-state index contributed by atoms with van der Waals surface area (Å²) in [6.45, 7) is 2.50. The third-order valence-electron chi connectivity index (χ3n) is 3.90. The Kier molecular flexibility index (Phi) is 7.82. The lowest BCUT2D eigenvalue weighted by molar-refractivity contribution is -0.120. The molecular weight excluding hydrogens is 322 g/mol. The van der Waals surface area contributed by atoms with Gasteiger partial charge in [-0.2, -0.15) is 0 Å². The maximum atomic E-state index is 12.1. The van der Waals surface area contributed by atoms with Gasteiger partial charge in [0.25, 0.3) is 0 Å². The van der Waals surface area contributed by atoms with E-state index in [1.165, 1.54) is 36.6 Å². The number of anilines is 1. The summed E-state index contributed by atoms with van der Waals surface area (Å²) in [6, 6.07) is 5.34. The summed E-state index contributed by atoms with van der Waals surface area (Å²) in [5, 5.41) is 5.42. The number of pyridine rings is 1. The lowest BCUT2D eigenvalue weighted by atomic mass is 9.97. The number of aromatic nitrogens is 1. The Morgan fingerprint density at radius 3 is 2.92 bits per heavy atom. The van der Waals surface area contributed by atoms with Crippen LogP contribution in [0.5, 0.6) is 0 Å². The second-order valence-electron chi connectivity index (χ2n) is 5.87. The van der Waals surface area contributed by atoms with Crippen LogP contribution in [0.25, 0.3) is 0 Å². The van der Waals surface area contributed by atoms with Crippen LogP contribution in [0.1, 0.15) is 39.0 Å². The Morgan fingerprint density at radius 2 is 2.21 bits per heavy atom. The number of amides is 2. The number of hydrogen-bond acceptors (Lipinski definition) is 4. The molecule has 1 aliphatic rings. The number of nitrogens with one attached hydrogen (secondary N) is 2. The zero-order valence-corrected chi connectivity index (χ0v) is 14.9. The van der Waals surface area contributed by atoms with Gasteiger partial charge in [-0.25, -0.2) is 4.98 Å². The third-order valence-corrected chi connectivity index (χ3v) is 5.04. The van der Waals surface area contributed by atoms with Crippen LogP contribution in [0, 0.1) is 0 Å². The van der Waals surface area contributed by atoms with Gasteiger partial charge in [0.15, 0.2) is 0 Å². The van der Waals surface area contributed by atoms with Gasteiger partial charge in [-0.05, 0) is 51.2 Å². The Labute approximate surface area is 147 Å². The maximum absolute atomic E-state index is 12.1. The molecule has 24 heavy (non-hydrogen) atoms. The van der Waals surface area contributed by atoms with E-state index in [-0.39, 0.29) is 22.8 Å². The summed E-state index contributed by atoms with van der Waals surface area (Å²) in [6.07, 6.45) is 9.73. The lowest BCUT2D eigenvalue weighted by Crippen LogP contribution is -2.32. The number of nitrogens with zero attached hydrogens (tertiary/aromatic N) is 1. The molecule has 2 rings (SSSR count). The predicted molar refractivity (Wildman–Crippen MR) is 99.0 cm³/mol.